The van der Waals surface area contributed by atoms with Gasteiger partial charge in [-0.15, -0.1) is 0 Å². The first-order valence-electron chi connectivity index (χ1n) is 5.28. The van der Waals surface area contributed by atoms with E-state index in [4.69, 9.17) is 9.47 Å². The molecule has 7 nitrogen and oxygen atoms in total. The molecule has 98 valence electrons. The highest BCUT2D eigenvalue weighted by Gasteiger charge is 2.17. The molecule has 1 aromatic rings. The van der Waals surface area contributed by atoms with Crippen molar-refractivity contribution in [1.82, 2.24) is 0 Å². The summed E-state index contributed by atoms with van der Waals surface area (Å²) in [6, 6.07) is 4.19. The van der Waals surface area contributed by atoms with Gasteiger partial charge in [0, 0.05) is 6.61 Å². The van der Waals surface area contributed by atoms with E-state index in [0.717, 1.165) is 0 Å². The molecule has 0 radical (unpaired) electrons. The third-order valence-corrected chi connectivity index (χ3v) is 2.11. The van der Waals surface area contributed by atoms with Crippen LogP contribution >= 0.6 is 0 Å². The van der Waals surface area contributed by atoms with E-state index in [2.05, 4.69) is 5.32 Å². The summed E-state index contributed by atoms with van der Waals surface area (Å²) in [5, 5.41) is 13.3. The number of hydrogen-bond donors (Lipinski definition) is 1. The predicted octanol–water partition coefficient (Wildman–Crippen LogP) is 1.58. The van der Waals surface area contributed by atoms with Crippen LogP contribution < -0.4 is 10.1 Å². The van der Waals surface area contributed by atoms with Crippen LogP contribution in [0.5, 0.6) is 5.75 Å². The lowest BCUT2D eigenvalue weighted by Gasteiger charge is -2.07. The lowest BCUT2D eigenvalue weighted by molar-refractivity contribution is -0.384. The molecule has 0 aromatic heterocycles. The zero-order valence-electron chi connectivity index (χ0n) is 10.1. The second kappa shape index (κ2) is 6.55. The number of nitro benzene ring substituents is 1. The van der Waals surface area contributed by atoms with E-state index >= 15 is 0 Å². The Hall–Kier alpha value is -2.15. The maximum atomic E-state index is 11.4. The highest BCUT2D eigenvalue weighted by Crippen LogP contribution is 2.28. The van der Waals surface area contributed by atoms with Crippen molar-refractivity contribution in [2.24, 2.45) is 0 Å². The minimum Gasteiger partial charge on any atom is -0.496 e. The molecule has 0 saturated heterocycles. The van der Waals surface area contributed by atoms with Crippen LogP contribution in [0, 0.1) is 10.1 Å². The van der Waals surface area contributed by atoms with Gasteiger partial charge in [-0.25, -0.2) is 0 Å². The van der Waals surface area contributed by atoms with Crippen LogP contribution in [0.3, 0.4) is 0 Å². The number of ether oxygens (including phenoxy) is 2. The fourth-order valence-corrected chi connectivity index (χ4v) is 1.28. The number of hydrogen-bond acceptors (Lipinski definition) is 5. The molecule has 1 amide bonds. The summed E-state index contributed by atoms with van der Waals surface area (Å²) < 4.78 is 9.79. The minimum atomic E-state index is -0.585. The Morgan fingerprint density at radius 2 is 2.22 bits per heavy atom. The van der Waals surface area contributed by atoms with Crippen molar-refractivity contribution >= 4 is 17.3 Å². The molecule has 0 aliphatic rings. The average Bonchev–Trinajstić information content (AvgIpc) is 2.36. The number of carbonyl (C=O) groups excluding carboxylic acids is 1. The molecule has 18 heavy (non-hydrogen) atoms. The Morgan fingerprint density at radius 3 is 2.78 bits per heavy atom. The summed E-state index contributed by atoms with van der Waals surface area (Å²) in [7, 11) is 1.41. The minimum absolute atomic E-state index is 0.116. The zero-order valence-corrected chi connectivity index (χ0v) is 10.1. The number of methoxy groups -OCH3 is 1. The van der Waals surface area contributed by atoms with Gasteiger partial charge in [0.05, 0.1) is 18.1 Å². The third kappa shape index (κ3) is 3.70. The molecule has 1 aromatic carbocycles. The molecule has 0 spiro atoms. The van der Waals surface area contributed by atoms with Crippen LogP contribution in [0.1, 0.15) is 6.92 Å². The number of amides is 1. The maximum absolute atomic E-state index is 11.4. The number of nitrogens with one attached hydrogen (secondary N) is 1. The smallest absolute Gasteiger partial charge is 0.296 e. The fourth-order valence-electron chi connectivity index (χ4n) is 1.28. The molecular formula is C11H14N2O5. The Labute approximate surface area is 104 Å². The Kier molecular flexibility index (Phi) is 5.06. The van der Waals surface area contributed by atoms with E-state index in [1.54, 1.807) is 6.92 Å². The number of anilines is 1. The fraction of sp³-hybridized carbons (Fsp3) is 0.364. The van der Waals surface area contributed by atoms with Crippen molar-refractivity contribution in [3.05, 3.63) is 28.3 Å². The van der Waals surface area contributed by atoms with Crippen molar-refractivity contribution in [2.75, 3.05) is 25.6 Å². The number of carbonyl (C=O) groups is 1. The van der Waals surface area contributed by atoms with Crippen LogP contribution in [0.4, 0.5) is 11.4 Å². The second-order valence-corrected chi connectivity index (χ2v) is 3.33. The standard InChI is InChI=1S/C11H14N2O5/c1-3-18-7-11(14)12-9-5-4-8(17-2)6-10(9)13(15)16/h4-6H,3,7H2,1-2H3,(H,12,14). The molecule has 1 N–H and O–H groups in total. The number of nitro groups is 1. The molecule has 0 bridgehead atoms. The SMILES string of the molecule is CCOCC(=O)Nc1ccc(OC)cc1[N+](=O)[O-]. The lowest BCUT2D eigenvalue weighted by Crippen LogP contribution is -2.18. The summed E-state index contributed by atoms with van der Waals surface area (Å²) in [4.78, 5) is 21.7. The largest absolute Gasteiger partial charge is 0.496 e. The predicted molar refractivity (Wildman–Crippen MR) is 64.8 cm³/mol. The maximum Gasteiger partial charge on any atom is 0.296 e. The van der Waals surface area contributed by atoms with Gasteiger partial charge in [0.15, 0.2) is 0 Å². The molecule has 0 unspecified atom stereocenters. The van der Waals surface area contributed by atoms with Crippen LogP contribution in [-0.2, 0) is 9.53 Å². The topological polar surface area (TPSA) is 90.7 Å². The molecule has 0 aliphatic carbocycles. The molecule has 0 heterocycles. The summed E-state index contributed by atoms with van der Waals surface area (Å²) in [6.45, 7) is 2.01. The van der Waals surface area contributed by atoms with E-state index in [-0.39, 0.29) is 18.0 Å². The van der Waals surface area contributed by atoms with E-state index in [0.29, 0.717) is 12.4 Å². The van der Waals surface area contributed by atoms with Crippen LogP contribution in [0.15, 0.2) is 18.2 Å². The van der Waals surface area contributed by atoms with Gasteiger partial charge >= 0.3 is 0 Å². The van der Waals surface area contributed by atoms with Gasteiger partial charge in [-0.3, -0.25) is 14.9 Å². The first kappa shape index (κ1) is 13.9. The van der Waals surface area contributed by atoms with Crippen LogP contribution in [0.2, 0.25) is 0 Å². The summed E-state index contributed by atoms with van der Waals surface area (Å²) in [5.41, 5.74) is -0.107. The van der Waals surface area contributed by atoms with E-state index in [1.807, 2.05) is 0 Å². The first-order valence-corrected chi connectivity index (χ1v) is 5.28. The highest BCUT2D eigenvalue weighted by molar-refractivity contribution is 5.94. The van der Waals surface area contributed by atoms with Gasteiger partial charge < -0.3 is 14.8 Å². The van der Waals surface area contributed by atoms with Crippen molar-refractivity contribution in [2.45, 2.75) is 6.92 Å². The summed E-state index contributed by atoms with van der Waals surface area (Å²) >= 11 is 0. The van der Waals surface area contributed by atoms with Gasteiger partial charge in [0.2, 0.25) is 0 Å². The van der Waals surface area contributed by atoms with Gasteiger partial charge in [0.1, 0.15) is 18.0 Å². The number of rotatable bonds is 6. The van der Waals surface area contributed by atoms with Crippen molar-refractivity contribution in [1.29, 1.82) is 0 Å². The summed E-state index contributed by atoms with van der Waals surface area (Å²) in [6.07, 6.45) is 0. The van der Waals surface area contributed by atoms with E-state index in [1.165, 1.54) is 25.3 Å². The van der Waals surface area contributed by atoms with Crippen LogP contribution in [-0.4, -0.2) is 31.2 Å². The highest BCUT2D eigenvalue weighted by atomic mass is 16.6. The molecule has 0 aliphatic heterocycles. The molecular weight excluding hydrogens is 240 g/mol. The first-order chi connectivity index (χ1) is 8.58. The quantitative estimate of drug-likeness (QED) is 0.614. The van der Waals surface area contributed by atoms with Gasteiger partial charge in [-0.05, 0) is 19.1 Å². The van der Waals surface area contributed by atoms with Gasteiger partial charge in [0.25, 0.3) is 11.6 Å². The van der Waals surface area contributed by atoms with Gasteiger partial charge in [-0.1, -0.05) is 0 Å². The van der Waals surface area contributed by atoms with E-state index < -0.39 is 10.8 Å². The van der Waals surface area contributed by atoms with Gasteiger partial charge in [-0.2, -0.15) is 0 Å². The summed E-state index contributed by atoms with van der Waals surface area (Å²) in [5.74, 6) is -0.0883. The molecule has 7 heteroatoms. The zero-order chi connectivity index (χ0) is 13.5. The molecule has 0 fully saturated rings. The lowest BCUT2D eigenvalue weighted by atomic mass is 10.2. The number of nitrogens with zero attached hydrogens (tertiary/aromatic N) is 1. The van der Waals surface area contributed by atoms with E-state index in [9.17, 15) is 14.9 Å². The Balaban J connectivity index is 2.87. The molecule has 0 atom stereocenters. The Morgan fingerprint density at radius 1 is 1.50 bits per heavy atom. The third-order valence-electron chi connectivity index (χ3n) is 2.11. The monoisotopic (exact) mass is 254 g/mol. The Bertz CT molecular complexity index is 447. The average molecular weight is 254 g/mol. The second-order valence-electron chi connectivity index (χ2n) is 3.33. The number of benzene rings is 1. The van der Waals surface area contributed by atoms with Crippen LogP contribution in [0.25, 0.3) is 0 Å². The van der Waals surface area contributed by atoms with Crippen molar-refractivity contribution < 1.29 is 19.2 Å². The van der Waals surface area contributed by atoms with Crippen molar-refractivity contribution in [3.63, 3.8) is 0 Å². The normalized spacial score (nSPS) is 9.89. The molecule has 0 saturated carbocycles. The molecule has 1 rings (SSSR count). The van der Waals surface area contributed by atoms with Crippen molar-refractivity contribution in [3.8, 4) is 5.75 Å².